The number of benzene rings is 1. The van der Waals surface area contributed by atoms with Gasteiger partial charge in [-0.1, -0.05) is 17.6 Å². The maximum Gasteiger partial charge on any atom is 0.438 e. The first-order valence-electron chi connectivity index (χ1n) is 9.22. The highest BCUT2D eigenvalue weighted by molar-refractivity contribution is 5.88. The number of nitrogens with one attached hydrogen (secondary N) is 2. The first kappa shape index (κ1) is 17.6. The number of hydrogen-bond acceptors (Lipinski definition) is 6. The lowest BCUT2D eigenvalue weighted by Gasteiger charge is -2.29. The summed E-state index contributed by atoms with van der Waals surface area (Å²) in [5, 5.41) is 6.94. The van der Waals surface area contributed by atoms with Gasteiger partial charge >= 0.3 is 5.76 Å². The molecule has 4 rings (SSSR count). The van der Waals surface area contributed by atoms with E-state index in [1.54, 1.807) is 0 Å². The first-order chi connectivity index (χ1) is 12.9. The van der Waals surface area contributed by atoms with Gasteiger partial charge in [-0.3, -0.25) is 14.3 Å². The Morgan fingerprint density at radius 3 is 2.74 bits per heavy atom. The zero-order valence-corrected chi connectivity index (χ0v) is 15.4. The van der Waals surface area contributed by atoms with E-state index >= 15 is 0 Å². The number of fused-ring (bicyclic) bond motifs is 1. The molecule has 1 aromatic heterocycles. The molecule has 2 heterocycles. The van der Waals surface area contributed by atoms with E-state index in [2.05, 4.69) is 20.0 Å². The monoisotopic (exact) mass is 373 g/mol. The SMILES string of the molecule is CC(C)(C(=O)NC1CCCC1c1noc(=O)[nH]1)c1ccc2c(c1)OCCO2. The molecule has 0 radical (unpaired) electrons. The minimum atomic E-state index is -0.750. The molecule has 8 nitrogen and oxygen atoms in total. The number of carbonyl (C=O) groups is 1. The summed E-state index contributed by atoms with van der Waals surface area (Å²) in [7, 11) is 0. The van der Waals surface area contributed by atoms with E-state index in [0.717, 1.165) is 24.8 Å². The lowest BCUT2D eigenvalue weighted by Crippen LogP contribution is -2.46. The summed E-state index contributed by atoms with van der Waals surface area (Å²) >= 11 is 0. The third kappa shape index (κ3) is 3.31. The van der Waals surface area contributed by atoms with Crippen molar-refractivity contribution in [2.75, 3.05) is 13.2 Å². The standard InChI is InChI=1S/C19H23N3O5/c1-19(2,11-6-7-14-15(10-11)26-9-8-25-14)17(23)20-13-5-3-4-12(13)16-21-18(24)27-22-16/h6-7,10,12-13H,3-5,8-9H2,1-2H3,(H,20,23)(H,21,22,24). The maximum atomic E-state index is 13.1. The smallest absolute Gasteiger partial charge is 0.438 e. The summed E-state index contributed by atoms with van der Waals surface area (Å²) in [5.74, 6) is 1.17. The molecule has 1 saturated carbocycles. The fraction of sp³-hybridized carbons (Fsp3) is 0.526. The number of hydrogen-bond donors (Lipinski definition) is 2. The van der Waals surface area contributed by atoms with Crippen molar-refractivity contribution < 1.29 is 18.8 Å². The quantitative estimate of drug-likeness (QED) is 0.847. The molecule has 2 aromatic rings. The Labute approximate surface area is 156 Å². The number of carbonyl (C=O) groups excluding carboxylic acids is 1. The Morgan fingerprint density at radius 2 is 2.00 bits per heavy atom. The number of rotatable bonds is 4. The van der Waals surface area contributed by atoms with Crippen LogP contribution in [0.1, 0.15) is 50.4 Å². The molecule has 2 unspecified atom stereocenters. The van der Waals surface area contributed by atoms with Crippen molar-refractivity contribution in [2.45, 2.75) is 50.5 Å². The second-order valence-corrected chi connectivity index (χ2v) is 7.58. The fourth-order valence-corrected chi connectivity index (χ4v) is 3.77. The molecule has 1 aliphatic heterocycles. The molecule has 1 aliphatic carbocycles. The average Bonchev–Trinajstić information content (AvgIpc) is 3.29. The van der Waals surface area contributed by atoms with E-state index in [1.807, 2.05) is 32.0 Å². The number of nitrogens with zero attached hydrogens (tertiary/aromatic N) is 1. The second-order valence-electron chi connectivity index (χ2n) is 7.58. The molecule has 0 bridgehead atoms. The van der Waals surface area contributed by atoms with E-state index in [1.165, 1.54) is 0 Å². The Morgan fingerprint density at radius 1 is 1.22 bits per heavy atom. The lowest BCUT2D eigenvalue weighted by molar-refractivity contribution is -0.126. The van der Waals surface area contributed by atoms with Crippen LogP contribution in [0.2, 0.25) is 0 Å². The number of aromatic nitrogens is 2. The Balaban J connectivity index is 1.52. The van der Waals surface area contributed by atoms with Crippen molar-refractivity contribution >= 4 is 5.91 Å². The summed E-state index contributed by atoms with van der Waals surface area (Å²) < 4.78 is 15.8. The van der Waals surface area contributed by atoms with Gasteiger partial charge in [0.1, 0.15) is 13.2 Å². The van der Waals surface area contributed by atoms with E-state index in [9.17, 15) is 9.59 Å². The topological polar surface area (TPSA) is 106 Å². The first-order valence-corrected chi connectivity index (χ1v) is 9.22. The van der Waals surface area contributed by atoms with Gasteiger partial charge in [-0.05, 0) is 44.4 Å². The number of ether oxygens (including phenoxy) is 2. The van der Waals surface area contributed by atoms with Gasteiger partial charge in [-0.2, -0.15) is 0 Å². The number of aromatic amines is 1. The van der Waals surface area contributed by atoms with Gasteiger partial charge < -0.3 is 14.8 Å². The van der Waals surface area contributed by atoms with Crippen LogP contribution in [-0.2, 0) is 10.2 Å². The van der Waals surface area contributed by atoms with Crippen LogP contribution in [0.5, 0.6) is 11.5 Å². The second kappa shape index (κ2) is 6.75. The molecule has 2 aliphatic rings. The van der Waals surface area contributed by atoms with Crippen molar-refractivity contribution in [3.05, 3.63) is 40.1 Å². The predicted molar refractivity (Wildman–Crippen MR) is 96.1 cm³/mol. The lowest BCUT2D eigenvalue weighted by atomic mass is 9.83. The molecule has 2 atom stereocenters. The molecule has 1 fully saturated rings. The molecule has 0 spiro atoms. The summed E-state index contributed by atoms with van der Waals surface area (Å²) in [5.41, 5.74) is 0.105. The highest BCUT2D eigenvalue weighted by Gasteiger charge is 2.37. The van der Waals surface area contributed by atoms with Gasteiger partial charge in [-0.25, -0.2) is 4.79 Å². The van der Waals surface area contributed by atoms with Crippen molar-refractivity contribution in [3.8, 4) is 11.5 Å². The highest BCUT2D eigenvalue weighted by atomic mass is 16.6. The third-order valence-corrected chi connectivity index (χ3v) is 5.47. The van der Waals surface area contributed by atoms with Crippen LogP contribution < -0.4 is 20.5 Å². The van der Waals surface area contributed by atoms with Crippen LogP contribution in [-0.4, -0.2) is 35.3 Å². The van der Waals surface area contributed by atoms with Crippen LogP contribution >= 0.6 is 0 Å². The van der Waals surface area contributed by atoms with Crippen molar-refractivity contribution in [3.63, 3.8) is 0 Å². The van der Waals surface area contributed by atoms with Crippen molar-refractivity contribution in [1.82, 2.24) is 15.5 Å². The van der Waals surface area contributed by atoms with Crippen molar-refractivity contribution in [2.24, 2.45) is 0 Å². The predicted octanol–water partition coefficient (Wildman–Crippen LogP) is 1.86. The summed E-state index contributed by atoms with van der Waals surface area (Å²) in [6.07, 6.45) is 2.63. The fourth-order valence-electron chi connectivity index (χ4n) is 3.77. The zero-order chi connectivity index (χ0) is 19.0. The van der Waals surface area contributed by atoms with Crippen LogP contribution in [0.4, 0.5) is 0 Å². The Kier molecular flexibility index (Phi) is 4.41. The van der Waals surface area contributed by atoms with Gasteiger partial charge in [0, 0.05) is 12.0 Å². The number of amides is 1. The van der Waals surface area contributed by atoms with Gasteiger partial charge in [-0.15, -0.1) is 0 Å². The Bertz CT molecular complexity index is 901. The van der Waals surface area contributed by atoms with E-state index in [-0.39, 0.29) is 17.9 Å². The van der Waals surface area contributed by atoms with E-state index in [4.69, 9.17) is 9.47 Å². The summed E-state index contributed by atoms with van der Waals surface area (Å²) in [6, 6.07) is 5.52. The molecular weight excluding hydrogens is 350 g/mol. The maximum absolute atomic E-state index is 13.1. The highest BCUT2D eigenvalue weighted by Crippen LogP contribution is 2.37. The summed E-state index contributed by atoms with van der Waals surface area (Å²) in [6.45, 7) is 4.80. The Hall–Kier alpha value is -2.77. The zero-order valence-electron chi connectivity index (χ0n) is 15.4. The molecule has 0 saturated heterocycles. The van der Waals surface area contributed by atoms with E-state index < -0.39 is 11.2 Å². The van der Waals surface area contributed by atoms with Crippen LogP contribution in [0.3, 0.4) is 0 Å². The van der Waals surface area contributed by atoms with Crippen molar-refractivity contribution in [1.29, 1.82) is 0 Å². The average molecular weight is 373 g/mol. The third-order valence-electron chi connectivity index (χ3n) is 5.47. The normalized spacial score (nSPS) is 21.9. The minimum absolute atomic E-state index is 0.0449. The largest absolute Gasteiger partial charge is 0.486 e. The molecule has 27 heavy (non-hydrogen) atoms. The molecule has 144 valence electrons. The number of H-pyrrole nitrogens is 1. The summed E-state index contributed by atoms with van der Waals surface area (Å²) in [4.78, 5) is 26.9. The van der Waals surface area contributed by atoms with Gasteiger partial charge in [0.25, 0.3) is 0 Å². The minimum Gasteiger partial charge on any atom is -0.486 e. The van der Waals surface area contributed by atoms with Gasteiger partial charge in [0.2, 0.25) is 5.91 Å². The van der Waals surface area contributed by atoms with Crippen LogP contribution in [0, 0.1) is 0 Å². The molecule has 8 heteroatoms. The van der Waals surface area contributed by atoms with Gasteiger partial charge in [0.15, 0.2) is 17.3 Å². The molecule has 1 aromatic carbocycles. The van der Waals surface area contributed by atoms with E-state index in [0.29, 0.717) is 30.5 Å². The molecule has 1 amide bonds. The van der Waals surface area contributed by atoms with Crippen LogP contribution in [0.15, 0.2) is 27.5 Å². The molecule has 2 N–H and O–H groups in total. The molecular formula is C19H23N3O5. The van der Waals surface area contributed by atoms with Gasteiger partial charge in [0.05, 0.1) is 5.41 Å². The van der Waals surface area contributed by atoms with Crippen LogP contribution in [0.25, 0.3) is 0 Å².